The quantitative estimate of drug-likeness (QED) is 0.287. The number of aromatic amines is 1. The van der Waals surface area contributed by atoms with Gasteiger partial charge < -0.3 is 9.88 Å². The van der Waals surface area contributed by atoms with E-state index >= 15 is 0 Å². The van der Waals surface area contributed by atoms with Crippen LogP contribution >= 0.6 is 0 Å². The highest BCUT2D eigenvalue weighted by molar-refractivity contribution is 7.90. The van der Waals surface area contributed by atoms with Crippen molar-refractivity contribution in [2.45, 2.75) is 69.1 Å². The molecule has 1 N–H and O–H groups in total. The number of hydrogen-bond acceptors (Lipinski definition) is 6. The molecule has 1 unspecified atom stereocenters. The van der Waals surface area contributed by atoms with Gasteiger partial charge in [-0.05, 0) is 70.6 Å². The van der Waals surface area contributed by atoms with Crippen LogP contribution in [0.3, 0.4) is 0 Å². The fourth-order valence-electron chi connectivity index (χ4n) is 7.36. The Morgan fingerprint density at radius 2 is 1.87 bits per heavy atom. The molecule has 1 saturated carbocycles. The van der Waals surface area contributed by atoms with Gasteiger partial charge in [0.1, 0.15) is 5.65 Å². The topological polar surface area (TPSA) is 122 Å². The molecule has 234 valence electrons. The van der Waals surface area contributed by atoms with E-state index in [1.807, 2.05) is 50.0 Å². The number of aromatic nitrogens is 6. The lowest BCUT2D eigenvalue weighted by atomic mass is 9.74. The summed E-state index contributed by atoms with van der Waals surface area (Å²) in [5.74, 6) is -0.535. The maximum absolute atomic E-state index is 14.7. The lowest BCUT2D eigenvalue weighted by Gasteiger charge is -2.28. The standard InChI is InChI=1S/C33H38N8O3S/c1-20(2)41-19-23(17-36-41)29-26(21-7-8-24-22(15-21)16-35-39(24)5)27-28-25(18-34-30(27)37-29)38(4)31(42)33(28)9-6-13-40(14-12-33)45(43,44)32(3)10-11-32/h7-8,15-20H,6,9-14H2,1-5H3,(H,34,37)/i4D3. The van der Waals surface area contributed by atoms with Crippen LogP contribution in [0.1, 0.15) is 68.6 Å². The molecule has 11 nitrogen and oxygen atoms in total. The lowest BCUT2D eigenvalue weighted by Crippen LogP contribution is -2.42. The summed E-state index contributed by atoms with van der Waals surface area (Å²) in [5.41, 5.74) is 4.21. The van der Waals surface area contributed by atoms with Crippen molar-refractivity contribution in [3.8, 4) is 22.4 Å². The molecule has 1 spiro atoms. The number of H-pyrrole nitrogens is 1. The Hall–Kier alpha value is -4.03. The predicted molar refractivity (Wildman–Crippen MR) is 174 cm³/mol. The van der Waals surface area contributed by atoms with Crippen molar-refractivity contribution in [3.05, 3.63) is 48.5 Å². The largest absolute Gasteiger partial charge is 0.339 e. The number of anilines is 1. The number of carbonyl (C=O) groups is 1. The molecule has 12 heteroatoms. The number of fused-ring (bicyclic) bond motifs is 5. The maximum Gasteiger partial charge on any atom is 0.237 e. The second-order valence-electron chi connectivity index (χ2n) is 13.4. The summed E-state index contributed by atoms with van der Waals surface area (Å²) in [6.45, 7) is 3.51. The molecular weight excluding hydrogens is 588 g/mol. The zero-order valence-electron chi connectivity index (χ0n) is 28.8. The van der Waals surface area contributed by atoms with E-state index in [4.69, 9.17) is 9.10 Å². The van der Waals surface area contributed by atoms with Crippen molar-refractivity contribution in [1.29, 1.82) is 0 Å². The minimum Gasteiger partial charge on any atom is -0.339 e. The molecule has 4 aromatic heterocycles. The summed E-state index contributed by atoms with van der Waals surface area (Å²) < 4.78 is 57.1. The van der Waals surface area contributed by atoms with Gasteiger partial charge in [0, 0.05) is 70.9 Å². The highest BCUT2D eigenvalue weighted by Gasteiger charge is 2.56. The molecule has 5 aromatic rings. The normalized spacial score (nSPS) is 23.1. The fraction of sp³-hybridized carbons (Fsp3) is 0.455. The van der Waals surface area contributed by atoms with Crippen molar-refractivity contribution < 1.29 is 17.3 Å². The number of nitrogens with zero attached hydrogens (tertiary/aromatic N) is 7. The number of sulfonamides is 1. The highest BCUT2D eigenvalue weighted by Crippen LogP contribution is 2.54. The van der Waals surface area contributed by atoms with Crippen LogP contribution in [0.4, 0.5) is 5.69 Å². The second-order valence-corrected chi connectivity index (χ2v) is 15.8. The first-order valence-electron chi connectivity index (χ1n) is 17.0. The number of nitrogens with one attached hydrogen (secondary N) is 1. The van der Waals surface area contributed by atoms with Crippen molar-refractivity contribution in [1.82, 2.24) is 33.8 Å². The number of pyridine rings is 1. The highest BCUT2D eigenvalue weighted by atomic mass is 32.2. The molecule has 0 radical (unpaired) electrons. The molecule has 1 aromatic carbocycles. The first kappa shape index (κ1) is 25.2. The number of rotatable bonds is 5. The molecule has 2 fully saturated rings. The van der Waals surface area contributed by atoms with E-state index in [0.29, 0.717) is 42.3 Å². The zero-order valence-corrected chi connectivity index (χ0v) is 26.6. The van der Waals surface area contributed by atoms with Crippen LogP contribution < -0.4 is 4.90 Å². The summed E-state index contributed by atoms with van der Waals surface area (Å²) >= 11 is 0. The van der Waals surface area contributed by atoms with Gasteiger partial charge in [0.05, 0.1) is 45.7 Å². The number of likely N-dealkylation sites (N-methyl/N-ethyl adjacent to an activating group) is 1. The number of amides is 1. The average molecular weight is 630 g/mol. The zero-order chi connectivity index (χ0) is 34.0. The molecule has 1 atom stereocenters. The van der Waals surface area contributed by atoms with E-state index in [1.54, 1.807) is 24.0 Å². The van der Waals surface area contributed by atoms with Crippen LogP contribution in [0.2, 0.25) is 0 Å². The molecular formula is C33H38N8O3S. The minimum atomic E-state index is -3.58. The van der Waals surface area contributed by atoms with Crippen LogP contribution in [0.25, 0.3) is 44.3 Å². The number of carbonyl (C=O) groups excluding carboxylic acids is 1. The first-order valence-corrected chi connectivity index (χ1v) is 17.0. The summed E-state index contributed by atoms with van der Waals surface area (Å²) in [5, 5.41) is 10.6. The summed E-state index contributed by atoms with van der Waals surface area (Å²) in [6, 6.07) is 6.17. The van der Waals surface area contributed by atoms with Crippen molar-refractivity contribution in [3.63, 3.8) is 0 Å². The Kier molecular flexibility index (Phi) is 5.31. The summed E-state index contributed by atoms with van der Waals surface area (Å²) in [7, 11) is -1.70. The molecule has 45 heavy (non-hydrogen) atoms. The third-order valence-electron chi connectivity index (χ3n) is 10.3. The molecule has 1 aliphatic carbocycles. The molecule has 6 heterocycles. The first-order chi connectivity index (χ1) is 22.7. The van der Waals surface area contributed by atoms with E-state index in [9.17, 15) is 13.2 Å². The van der Waals surface area contributed by atoms with Crippen LogP contribution in [-0.4, -0.2) is 73.0 Å². The molecule has 3 aliphatic rings. The van der Waals surface area contributed by atoms with Crippen molar-refractivity contribution in [2.24, 2.45) is 7.05 Å². The predicted octanol–water partition coefficient (Wildman–Crippen LogP) is 5.14. The Balaban J connectivity index is 1.40. The molecule has 1 amide bonds. The van der Waals surface area contributed by atoms with Crippen LogP contribution in [0, 0.1) is 0 Å². The summed E-state index contributed by atoms with van der Waals surface area (Å²) in [6.07, 6.45) is 9.14. The van der Waals surface area contributed by atoms with Gasteiger partial charge in [-0.2, -0.15) is 10.2 Å². The Bertz CT molecular complexity index is 2250. The Labute approximate surface area is 266 Å². The minimum absolute atomic E-state index is 0.122. The van der Waals surface area contributed by atoms with Gasteiger partial charge in [-0.15, -0.1) is 0 Å². The van der Waals surface area contributed by atoms with Gasteiger partial charge in [0.2, 0.25) is 15.9 Å². The second kappa shape index (κ2) is 9.49. The van der Waals surface area contributed by atoms with Gasteiger partial charge >= 0.3 is 0 Å². The van der Waals surface area contributed by atoms with Gasteiger partial charge in [-0.3, -0.25) is 14.2 Å². The van der Waals surface area contributed by atoms with Gasteiger partial charge in [-0.1, -0.05) is 6.07 Å². The van der Waals surface area contributed by atoms with Crippen LogP contribution in [0.15, 0.2) is 43.0 Å². The third kappa shape index (κ3) is 3.94. The fourth-order valence-corrected chi connectivity index (χ4v) is 9.31. The van der Waals surface area contributed by atoms with E-state index < -0.39 is 33.1 Å². The maximum atomic E-state index is 14.7. The molecule has 8 rings (SSSR count). The average Bonchev–Trinajstić information content (AvgIpc) is 3.29. The van der Waals surface area contributed by atoms with E-state index in [2.05, 4.69) is 15.2 Å². The van der Waals surface area contributed by atoms with E-state index in [0.717, 1.165) is 38.2 Å². The van der Waals surface area contributed by atoms with Gasteiger partial charge in [0.25, 0.3) is 0 Å². The Morgan fingerprint density at radius 1 is 1.04 bits per heavy atom. The van der Waals surface area contributed by atoms with E-state index in [1.165, 1.54) is 10.5 Å². The monoisotopic (exact) mass is 629 g/mol. The van der Waals surface area contributed by atoms with Crippen molar-refractivity contribution >= 4 is 43.6 Å². The van der Waals surface area contributed by atoms with Crippen LogP contribution in [-0.2, 0) is 27.3 Å². The number of benzene rings is 1. The lowest BCUT2D eigenvalue weighted by molar-refractivity contribution is -0.123. The van der Waals surface area contributed by atoms with E-state index in [-0.39, 0.29) is 31.2 Å². The van der Waals surface area contributed by atoms with Crippen molar-refractivity contribution in [2.75, 3.05) is 25.0 Å². The Morgan fingerprint density at radius 3 is 2.60 bits per heavy atom. The third-order valence-corrected chi connectivity index (χ3v) is 13.0. The molecule has 1 saturated heterocycles. The number of hydrogen-bond donors (Lipinski definition) is 1. The van der Waals surface area contributed by atoms with Gasteiger partial charge in [-0.25, -0.2) is 17.7 Å². The van der Waals surface area contributed by atoms with Crippen LogP contribution in [0.5, 0.6) is 0 Å². The number of aryl methyl sites for hydroxylation is 1. The molecule has 0 bridgehead atoms. The SMILES string of the molecule is [2H]C([2H])([2H])N1C(=O)C2(CCCN(S(=O)(=O)C3(C)CC3)CC2)c2c1cnc1[nH]c(-c3cnn(C(C)C)c3)c(-c3ccc4c(cnn4C)c3)c21. The smallest absolute Gasteiger partial charge is 0.237 e. The molecule has 2 aliphatic heterocycles. The van der Waals surface area contributed by atoms with Gasteiger partial charge in [0.15, 0.2) is 0 Å². The summed E-state index contributed by atoms with van der Waals surface area (Å²) in [4.78, 5) is 23.8.